The van der Waals surface area contributed by atoms with Crippen LogP contribution in [0.25, 0.3) is 5.57 Å². The Bertz CT molecular complexity index is 1100. The van der Waals surface area contributed by atoms with Gasteiger partial charge >= 0.3 is 0 Å². The van der Waals surface area contributed by atoms with Gasteiger partial charge in [-0.15, -0.1) is 0 Å². The Morgan fingerprint density at radius 1 is 1.24 bits per heavy atom. The molecule has 2 rings (SSSR count). The minimum absolute atomic E-state index is 0.0107. The first kappa shape index (κ1) is 26.5. The molecule has 0 bridgehead atoms. The number of amides is 1. The van der Waals surface area contributed by atoms with Gasteiger partial charge in [0.2, 0.25) is 5.91 Å². The number of halogens is 1. The van der Waals surface area contributed by atoms with Crippen LogP contribution in [0, 0.1) is 12.7 Å². The molecule has 0 atom stereocenters. The van der Waals surface area contributed by atoms with Crippen LogP contribution in [0.5, 0.6) is 0 Å². The number of carbonyl (C=O) groups is 1. The van der Waals surface area contributed by atoms with E-state index in [9.17, 15) is 9.18 Å². The molecule has 6 nitrogen and oxygen atoms in total. The van der Waals surface area contributed by atoms with Crippen molar-refractivity contribution in [2.45, 2.75) is 40.5 Å². The number of rotatable bonds is 9. The van der Waals surface area contributed by atoms with E-state index < -0.39 is 0 Å². The second kappa shape index (κ2) is 12.5. The third kappa shape index (κ3) is 7.40. The van der Waals surface area contributed by atoms with Crippen molar-refractivity contribution in [2.24, 2.45) is 15.7 Å². The number of hydrogen-bond donors (Lipinski definition) is 1. The molecule has 180 valence electrons. The van der Waals surface area contributed by atoms with E-state index in [-0.39, 0.29) is 17.6 Å². The fourth-order valence-electron chi connectivity index (χ4n) is 3.46. The number of allylic oxidation sites excluding steroid dienone is 7. The summed E-state index contributed by atoms with van der Waals surface area (Å²) in [5, 5.41) is 0. The van der Waals surface area contributed by atoms with Crippen LogP contribution in [0.4, 0.5) is 4.39 Å². The van der Waals surface area contributed by atoms with Crippen molar-refractivity contribution >= 4 is 24.0 Å². The Kier molecular flexibility index (Phi) is 9.74. The van der Waals surface area contributed by atoms with Crippen LogP contribution < -0.4 is 5.73 Å². The van der Waals surface area contributed by atoms with Gasteiger partial charge in [0.05, 0.1) is 12.9 Å². The Morgan fingerprint density at radius 2 is 1.97 bits per heavy atom. The molecule has 0 radical (unpaired) electrons. The Morgan fingerprint density at radius 3 is 2.56 bits per heavy atom. The zero-order chi connectivity index (χ0) is 25.3. The number of carbonyl (C=O) groups excluding carboxylic acids is 1. The van der Waals surface area contributed by atoms with Gasteiger partial charge in [0, 0.05) is 19.2 Å². The summed E-state index contributed by atoms with van der Waals surface area (Å²) in [6.45, 7) is 11.3. The molecule has 0 unspecified atom stereocenters. The lowest BCUT2D eigenvalue weighted by Gasteiger charge is -2.19. The summed E-state index contributed by atoms with van der Waals surface area (Å²) < 4.78 is 19.5. The molecule has 0 saturated carbocycles. The van der Waals surface area contributed by atoms with Crippen molar-refractivity contribution in [3.8, 4) is 0 Å². The standard InChI is InChI=1S/C27H33FN4O2/c1-18-13-22(17-24(28)14-18)23(16-21(4)34-6)15-20(3)27(32-12-8-10-25(32)33)31-26(29)19(2)9-7-11-30-5/h7,9,11,13-17H,5,8,10,12H2,1-4,6H3,(H2,29,31)/b11-7-,19-9+,21-16+,23-15+,27-20-. The summed E-state index contributed by atoms with van der Waals surface area (Å²) in [6, 6.07) is 4.84. The number of aliphatic imine (C=N–C) groups is 2. The first-order valence-electron chi connectivity index (χ1n) is 11.0. The molecule has 1 amide bonds. The van der Waals surface area contributed by atoms with E-state index in [1.807, 2.05) is 45.9 Å². The van der Waals surface area contributed by atoms with Crippen LogP contribution in [0.15, 0.2) is 81.4 Å². The maximum atomic E-state index is 14.2. The average molecular weight is 465 g/mol. The normalized spacial score (nSPS) is 16.9. The highest BCUT2D eigenvalue weighted by molar-refractivity contribution is 5.97. The maximum Gasteiger partial charge on any atom is 0.228 e. The quantitative estimate of drug-likeness (QED) is 0.229. The summed E-state index contributed by atoms with van der Waals surface area (Å²) in [5.41, 5.74) is 9.91. The van der Waals surface area contributed by atoms with E-state index >= 15 is 0 Å². The van der Waals surface area contributed by atoms with Crippen molar-refractivity contribution in [3.63, 3.8) is 0 Å². The third-order valence-corrected chi connectivity index (χ3v) is 5.28. The molecular weight excluding hydrogens is 431 g/mol. The van der Waals surface area contributed by atoms with Crippen LogP contribution in [0.1, 0.15) is 44.7 Å². The molecule has 7 heteroatoms. The number of hydrogen-bond acceptors (Lipinski definition) is 4. The Labute approximate surface area is 201 Å². The summed E-state index contributed by atoms with van der Waals surface area (Å²) in [4.78, 5) is 22.5. The van der Waals surface area contributed by atoms with Crippen molar-refractivity contribution < 1.29 is 13.9 Å². The molecule has 1 aliphatic rings. The van der Waals surface area contributed by atoms with Gasteiger partial charge in [-0.1, -0.05) is 12.1 Å². The molecule has 1 saturated heterocycles. The highest BCUT2D eigenvalue weighted by atomic mass is 19.1. The number of nitrogens with two attached hydrogens (primary N) is 1. The summed E-state index contributed by atoms with van der Waals surface area (Å²) in [5.74, 6) is 1.06. The van der Waals surface area contributed by atoms with Gasteiger partial charge in [-0.3, -0.25) is 14.7 Å². The molecule has 1 aromatic carbocycles. The van der Waals surface area contributed by atoms with Crippen LogP contribution >= 0.6 is 0 Å². The van der Waals surface area contributed by atoms with Crippen LogP contribution in [0.2, 0.25) is 0 Å². The summed E-state index contributed by atoms with van der Waals surface area (Å²) in [6.07, 6.45) is 9.93. The summed E-state index contributed by atoms with van der Waals surface area (Å²) >= 11 is 0. The van der Waals surface area contributed by atoms with Gasteiger partial charge in [0.15, 0.2) is 0 Å². The highest BCUT2D eigenvalue weighted by Gasteiger charge is 2.25. The fraction of sp³-hybridized carbons (Fsp3) is 0.296. The first-order chi connectivity index (χ1) is 16.2. The number of methoxy groups -OCH3 is 1. The molecule has 0 aromatic heterocycles. The second-order valence-electron chi connectivity index (χ2n) is 8.10. The van der Waals surface area contributed by atoms with Gasteiger partial charge in [-0.25, -0.2) is 9.38 Å². The van der Waals surface area contributed by atoms with E-state index in [1.54, 1.807) is 30.4 Å². The van der Waals surface area contributed by atoms with Crippen molar-refractivity contribution in [3.05, 3.63) is 88.4 Å². The number of aryl methyl sites for hydroxylation is 1. The minimum atomic E-state index is -0.328. The number of benzene rings is 1. The summed E-state index contributed by atoms with van der Waals surface area (Å²) in [7, 11) is 1.58. The lowest BCUT2D eigenvalue weighted by Crippen LogP contribution is -2.26. The van der Waals surface area contributed by atoms with Gasteiger partial charge < -0.3 is 10.5 Å². The van der Waals surface area contributed by atoms with Gasteiger partial charge in [-0.05, 0) is 99.0 Å². The van der Waals surface area contributed by atoms with Crippen molar-refractivity contribution in [2.75, 3.05) is 13.7 Å². The minimum Gasteiger partial charge on any atom is -0.501 e. The fourth-order valence-corrected chi connectivity index (χ4v) is 3.46. The molecular formula is C27H33FN4O2. The first-order valence-corrected chi connectivity index (χ1v) is 11.0. The molecule has 0 spiro atoms. The lowest BCUT2D eigenvalue weighted by atomic mass is 10.00. The maximum absolute atomic E-state index is 14.2. The second-order valence-corrected chi connectivity index (χ2v) is 8.10. The lowest BCUT2D eigenvalue weighted by molar-refractivity contribution is -0.126. The van der Waals surface area contributed by atoms with E-state index in [4.69, 9.17) is 10.5 Å². The largest absolute Gasteiger partial charge is 0.501 e. The number of ether oxygens (including phenoxy) is 1. The zero-order valence-electron chi connectivity index (χ0n) is 20.6. The SMILES string of the molecule is C=N\C=C/C=C(C)/C(N)=N/C(=C(C)/C=C(\C=C(/C)OC)c1cc(C)cc(F)c1)N1CCCC1=O. The molecule has 34 heavy (non-hydrogen) atoms. The van der Waals surface area contributed by atoms with Crippen molar-refractivity contribution in [1.82, 2.24) is 4.90 Å². The van der Waals surface area contributed by atoms with Crippen LogP contribution in [-0.2, 0) is 9.53 Å². The van der Waals surface area contributed by atoms with E-state index in [0.29, 0.717) is 35.7 Å². The highest BCUT2D eigenvalue weighted by Crippen LogP contribution is 2.26. The topological polar surface area (TPSA) is 80.3 Å². The van der Waals surface area contributed by atoms with Crippen molar-refractivity contribution in [1.29, 1.82) is 0 Å². The predicted octanol–water partition coefficient (Wildman–Crippen LogP) is 5.44. The molecule has 1 fully saturated rings. The van der Waals surface area contributed by atoms with E-state index in [0.717, 1.165) is 23.1 Å². The third-order valence-electron chi connectivity index (χ3n) is 5.28. The predicted molar refractivity (Wildman–Crippen MR) is 138 cm³/mol. The molecule has 1 aliphatic heterocycles. The number of likely N-dealkylation sites (tertiary alicyclic amines) is 1. The monoisotopic (exact) mass is 464 g/mol. The Hall–Kier alpha value is -3.74. The number of amidine groups is 1. The average Bonchev–Trinajstić information content (AvgIpc) is 3.21. The smallest absolute Gasteiger partial charge is 0.228 e. The van der Waals surface area contributed by atoms with Crippen LogP contribution in [0.3, 0.4) is 0 Å². The van der Waals surface area contributed by atoms with Crippen LogP contribution in [-0.4, -0.2) is 37.0 Å². The van der Waals surface area contributed by atoms with Gasteiger partial charge in [0.25, 0.3) is 0 Å². The Balaban J connectivity index is 2.70. The number of nitrogens with zero attached hydrogens (tertiary/aromatic N) is 3. The van der Waals surface area contributed by atoms with E-state index in [1.165, 1.54) is 12.1 Å². The molecule has 0 aliphatic carbocycles. The zero-order valence-corrected chi connectivity index (χ0v) is 20.6. The van der Waals surface area contributed by atoms with E-state index in [2.05, 4.69) is 16.7 Å². The molecule has 2 N–H and O–H groups in total. The van der Waals surface area contributed by atoms with Gasteiger partial charge in [0.1, 0.15) is 17.5 Å². The molecule has 1 aromatic rings. The van der Waals surface area contributed by atoms with Gasteiger partial charge in [-0.2, -0.15) is 0 Å². The molecule has 1 heterocycles.